The average Bonchev–Trinajstić information content (AvgIpc) is 2.70. The summed E-state index contributed by atoms with van der Waals surface area (Å²) in [7, 11) is 0. The summed E-state index contributed by atoms with van der Waals surface area (Å²) in [5, 5.41) is 10.9. The Morgan fingerprint density at radius 3 is 2.75 bits per heavy atom. The van der Waals surface area contributed by atoms with Crippen LogP contribution >= 0.6 is 11.3 Å². The van der Waals surface area contributed by atoms with Crippen LogP contribution in [0.1, 0.15) is 25.0 Å². The van der Waals surface area contributed by atoms with Gasteiger partial charge < -0.3 is 16.6 Å². The lowest BCUT2D eigenvalue weighted by molar-refractivity contribution is -0.139. The number of carboxylic acids is 1. The highest BCUT2D eigenvalue weighted by atomic mass is 32.1. The molecule has 0 saturated carbocycles. The van der Waals surface area contributed by atoms with Gasteiger partial charge in [-0.3, -0.25) is 0 Å². The molecule has 0 fully saturated rings. The lowest BCUT2D eigenvalue weighted by Crippen LogP contribution is -2.32. The third-order valence-electron chi connectivity index (χ3n) is 2.19. The lowest BCUT2D eigenvalue weighted by Gasteiger charge is -2.17. The monoisotopic (exact) mass is 242 g/mol. The van der Waals surface area contributed by atoms with Gasteiger partial charge in [-0.15, -0.1) is 11.3 Å². The molecule has 0 spiro atoms. The average molecular weight is 242 g/mol. The van der Waals surface area contributed by atoms with E-state index in [0.29, 0.717) is 12.1 Å². The third-order valence-corrected chi connectivity index (χ3v) is 2.80. The summed E-state index contributed by atoms with van der Waals surface area (Å²) in [5.74, 6) is -1.57. The fourth-order valence-corrected chi connectivity index (χ4v) is 2.10. The Hall–Kier alpha value is -1.63. The molecule has 0 aromatic carbocycles. The summed E-state index contributed by atoms with van der Waals surface area (Å²) in [6.45, 7) is 1.88. The van der Waals surface area contributed by atoms with E-state index in [1.165, 1.54) is 11.3 Å². The summed E-state index contributed by atoms with van der Waals surface area (Å²) < 4.78 is 0. The maximum atomic E-state index is 11.1. The van der Waals surface area contributed by atoms with Crippen LogP contribution < -0.4 is 11.5 Å². The van der Waals surface area contributed by atoms with Crippen LogP contribution in [0, 0.1) is 0 Å². The number of aliphatic imine (C=N–C) groups is 1. The molecule has 1 aromatic rings. The van der Waals surface area contributed by atoms with Gasteiger partial charge in [0.05, 0.1) is 11.2 Å². The SMILES string of the molecule is CCC(c1cscn1)C(N=C(N)N)C(=O)O. The summed E-state index contributed by atoms with van der Waals surface area (Å²) in [6, 6.07) is -0.975. The van der Waals surface area contributed by atoms with Crippen molar-refractivity contribution in [1.29, 1.82) is 0 Å². The number of carboxylic acid groups (broad SMARTS) is 1. The van der Waals surface area contributed by atoms with Crippen LogP contribution in [0.4, 0.5) is 0 Å². The van der Waals surface area contributed by atoms with Gasteiger partial charge in [0.1, 0.15) is 0 Å². The molecule has 0 aliphatic rings. The van der Waals surface area contributed by atoms with Gasteiger partial charge in [-0.25, -0.2) is 14.8 Å². The molecular formula is C9H14N4O2S. The Labute approximate surface area is 97.0 Å². The molecule has 2 atom stereocenters. The Balaban J connectivity index is 3.00. The quantitative estimate of drug-likeness (QED) is 0.509. The smallest absolute Gasteiger partial charge is 0.329 e. The van der Waals surface area contributed by atoms with Crippen molar-refractivity contribution in [2.75, 3.05) is 0 Å². The molecule has 5 N–H and O–H groups in total. The zero-order valence-corrected chi connectivity index (χ0v) is 9.65. The van der Waals surface area contributed by atoms with Gasteiger partial charge in [-0.1, -0.05) is 6.92 Å². The van der Waals surface area contributed by atoms with E-state index in [1.807, 2.05) is 12.3 Å². The molecule has 88 valence electrons. The first kappa shape index (κ1) is 12.4. The van der Waals surface area contributed by atoms with E-state index in [1.54, 1.807) is 5.51 Å². The number of hydrogen-bond donors (Lipinski definition) is 3. The molecule has 16 heavy (non-hydrogen) atoms. The van der Waals surface area contributed by atoms with E-state index >= 15 is 0 Å². The fourth-order valence-electron chi connectivity index (χ4n) is 1.48. The van der Waals surface area contributed by atoms with Crippen LogP contribution in [0.25, 0.3) is 0 Å². The number of thiazole rings is 1. The first-order valence-electron chi connectivity index (χ1n) is 4.75. The Bertz CT molecular complexity index is 373. The minimum Gasteiger partial charge on any atom is -0.480 e. The van der Waals surface area contributed by atoms with Gasteiger partial charge in [-0.05, 0) is 6.42 Å². The zero-order valence-electron chi connectivity index (χ0n) is 8.83. The number of nitrogens with zero attached hydrogens (tertiary/aromatic N) is 2. The first-order valence-corrected chi connectivity index (χ1v) is 5.70. The zero-order chi connectivity index (χ0) is 12.1. The van der Waals surface area contributed by atoms with E-state index in [2.05, 4.69) is 9.98 Å². The largest absolute Gasteiger partial charge is 0.480 e. The number of rotatable bonds is 5. The lowest BCUT2D eigenvalue weighted by atomic mass is 9.94. The molecule has 0 radical (unpaired) electrons. The van der Waals surface area contributed by atoms with Gasteiger partial charge in [-0.2, -0.15) is 0 Å². The van der Waals surface area contributed by atoms with Crippen molar-refractivity contribution in [3.8, 4) is 0 Å². The molecule has 1 rings (SSSR count). The maximum Gasteiger partial charge on any atom is 0.329 e. The highest BCUT2D eigenvalue weighted by Crippen LogP contribution is 2.25. The number of nitrogens with two attached hydrogens (primary N) is 2. The molecule has 0 aliphatic carbocycles. The first-order chi connectivity index (χ1) is 7.56. The van der Waals surface area contributed by atoms with E-state index in [4.69, 9.17) is 16.6 Å². The van der Waals surface area contributed by atoms with Crippen molar-refractivity contribution >= 4 is 23.3 Å². The second-order valence-corrected chi connectivity index (χ2v) is 3.98. The molecule has 7 heteroatoms. The number of aromatic nitrogens is 1. The van der Waals surface area contributed by atoms with Crippen molar-refractivity contribution < 1.29 is 9.90 Å². The third kappa shape index (κ3) is 2.93. The van der Waals surface area contributed by atoms with Crippen LogP contribution in [0.5, 0.6) is 0 Å². The van der Waals surface area contributed by atoms with E-state index < -0.39 is 12.0 Å². The molecule has 1 heterocycles. The summed E-state index contributed by atoms with van der Waals surface area (Å²) >= 11 is 1.42. The number of aliphatic carboxylic acids is 1. The van der Waals surface area contributed by atoms with E-state index in [-0.39, 0.29) is 11.9 Å². The van der Waals surface area contributed by atoms with Crippen molar-refractivity contribution in [2.24, 2.45) is 16.5 Å². The van der Waals surface area contributed by atoms with Crippen molar-refractivity contribution in [1.82, 2.24) is 4.98 Å². The highest BCUT2D eigenvalue weighted by molar-refractivity contribution is 7.07. The molecule has 0 aliphatic heterocycles. The normalized spacial score (nSPS) is 14.1. The van der Waals surface area contributed by atoms with Gasteiger partial charge in [0.25, 0.3) is 0 Å². The second-order valence-electron chi connectivity index (χ2n) is 3.27. The van der Waals surface area contributed by atoms with Crippen LogP contribution in [0.15, 0.2) is 15.9 Å². The molecule has 0 saturated heterocycles. The molecule has 0 bridgehead atoms. The van der Waals surface area contributed by atoms with Crippen molar-refractivity contribution in [3.63, 3.8) is 0 Å². The summed E-state index contributed by atoms with van der Waals surface area (Å²) in [4.78, 5) is 18.9. The van der Waals surface area contributed by atoms with Crippen molar-refractivity contribution in [2.45, 2.75) is 25.3 Å². The minimum absolute atomic E-state index is 0.221. The van der Waals surface area contributed by atoms with Crippen LogP contribution in [-0.4, -0.2) is 28.1 Å². The number of hydrogen-bond acceptors (Lipinski definition) is 4. The van der Waals surface area contributed by atoms with Crippen molar-refractivity contribution in [3.05, 3.63) is 16.6 Å². The second kappa shape index (κ2) is 5.45. The molecule has 0 amide bonds. The van der Waals surface area contributed by atoms with E-state index in [9.17, 15) is 4.79 Å². The fraction of sp³-hybridized carbons (Fsp3) is 0.444. The number of guanidine groups is 1. The van der Waals surface area contributed by atoms with Crippen LogP contribution in [-0.2, 0) is 4.79 Å². The molecular weight excluding hydrogens is 228 g/mol. The Morgan fingerprint density at radius 1 is 1.69 bits per heavy atom. The van der Waals surface area contributed by atoms with Crippen LogP contribution in [0.3, 0.4) is 0 Å². The molecule has 2 unspecified atom stereocenters. The summed E-state index contributed by atoms with van der Waals surface area (Å²) in [6.07, 6.45) is 0.609. The Kier molecular flexibility index (Phi) is 4.24. The molecule has 6 nitrogen and oxygen atoms in total. The predicted octanol–water partition coefficient (Wildman–Crippen LogP) is 0.363. The van der Waals surface area contributed by atoms with Gasteiger partial charge in [0, 0.05) is 11.3 Å². The molecule has 1 aromatic heterocycles. The number of carbonyl (C=O) groups is 1. The summed E-state index contributed by atoms with van der Waals surface area (Å²) in [5.41, 5.74) is 12.8. The predicted molar refractivity (Wildman–Crippen MR) is 62.4 cm³/mol. The minimum atomic E-state index is -1.05. The van der Waals surface area contributed by atoms with Gasteiger partial charge in [0.2, 0.25) is 0 Å². The highest BCUT2D eigenvalue weighted by Gasteiger charge is 2.29. The van der Waals surface area contributed by atoms with Crippen LogP contribution in [0.2, 0.25) is 0 Å². The Morgan fingerprint density at radius 2 is 2.38 bits per heavy atom. The standard InChI is InChI=1S/C9H14N4O2S/c1-2-5(6-3-16-4-12-6)7(8(14)15)13-9(10)11/h3-5,7H,2H2,1H3,(H,14,15)(H4,10,11,13). The topological polar surface area (TPSA) is 115 Å². The maximum absolute atomic E-state index is 11.1. The van der Waals surface area contributed by atoms with Gasteiger partial charge >= 0.3 is 5.97 Å². The van der Waals surface area contributed by atoms with Gasteiger partial charge in [0.15, 0.2) is 12.0 Å². The van der Waals surface area contributed by atoms with E-state index in [0.717, 1.165) is 0 Å².